The Morgan fingerprint density at radius 1 is 1.35 bits per heavy atom. The zero-order valence-corrected chi connectivity index (χ0v) is 13.1. The molecule has 0 spiro atoms. The van der Waals surface area contributed by atoms with Gasteiger partial charge in [-0.25, -0.2) is 0 Å². The van der Waals surface area contributed by atoms with Gasteiger partial charge in [-0.3, -0.25) is 14.4 Å². The van der Waals surface area contributed by atoms with Crippen LogP contribution in [0.3, 0.4) is 0 Å². The smallest absolute Gasteiger partial charge is 0.308 e. The van der Waals surface area contributed by atoms with Crippen LogP contribution in [0.2, 0.25) is 0 Å². The summed E-state index contributed by atoms with van der Waals surface area (Å²) >= 11 is 0. The molecule has 0 fully saturated rings. The van der Waals surface area contributed by atoms with Crippen LogP contribution in [0.25, 0.3) is 0 Å². The highest BCUT2D eigenvalue weighted by Gasteiger charge is 2.26. The first kappa shape index (κ1) is 16.8. The lowest BCUT2D eigenvalue weighted by Gasteiger charge is -2.29. The van der Waals surface area contributed by atoms with E-state index in [1.807, 2.05) is 6.07 Å². The Labute approximate surface area is 134 Å². The molecular formula is C16H20N2O5. The Kier molecular flexibility index (Phi) is 5.20. The summed E-state index contributed by atoms with van der Waals surface area (Å²) < 4.78 is 5.34. The summed E-state index contributed by atoms with van der Waals surface area (Å²) in [7, 11) is 0. The molecule has 124 valence electrons. The summed E-state index contributed by atoms with van der Waals surface area (Å²) in [4.78, 5) is 36.4. The Morgan fingerprint density at radius 3 is 2.74 bits per heavy atom. The molecule has 23 heavy (non-hydrogen) atoms. The van der Waals surface area contributed by atoms with Crippen LogP contribution in [-0.4, -0.2) is 42.1 Å². The van der Waals surface area contributed by atoms with E-state index >= 15 is 0 Å². The van der Waals surface area contributed by atoms with Crippen molar-refractivity contribution in [2.75, 3.05) is 18.1 Å². The summed E-state index contributed by atoms with van der Waals surface area (Å²) in [6.45, 7) is 3.35. The molecule has 1 aliphatic heterocycles. The number of ether oxygens (including phenoxy) is 1. The van der Waals surface area contributed by atoms with Gasteiger partial charge in [0.25, 0.3) is 5.91 Å². The molecule has 0 radical (unpaired) electrons. The molecule has 2 atom stereocenters. The van der Waals surface area contributed by atoms with Crippen LogP contribution in [-0.2, 0) is 14.4 Å². The van der Waals surface area contributed by atoms with Crippen molar-refractivity contribution in [3.8, 4) is 5.75 Å². The number of benzene rings is 1. The maximum absolute atomic E-state index is 12.0. The number of nitrogens with one attached hydrogen (secondary N) is 1. The number of amides is 2. The van der Waals surface area contributed by atoms with Gasteiger partial charge in [-0.15, -0.1) is 0 Å². The van der Waals surface area contributed by atoms with Crippen molar-refractivity contribution in [1.29, 1.82) is 0 Å². The zero-order chi connectivity index (χ0) is 17.0. The second-order valence-electron chi connectivity index (χ2n) is 5.53. The van der Waals surface area contributed by atoms with E-state index in [1.54, 1.807) is 25.1 Å². The predicted octanol–water partition coefficient (Wildman–Crippen LogP) is 1.03. The van der Waals surface area contributed by atoms with Crippen LogP contribution in [0.15, 0.2) is 24.3 Å². The number of carboxylic acids is 1. The standard InChI is InChI=1S/C16H20N2O5/c1-10(16(21)22)11(2)17-14(19)7-8-18-12-5-3-4-6-13(12)23-9-15(18)20/h3-6,10-11H,7-9H2,1-2H3,(H,17,19)(H,21,22). The fraction of sp³-hybridized carbons (Fsp3) is 0.438. The van der Waals surface area contributed by atoms with Crippen molar-refractivity contribution in [2.24, 2.45) is 5.92 Å². The van der Waals surface area contributed by atoms with Crippen molar-refractivity contribution < 1.29 is 24.2 Å². The molecule has 7 heteroatoms. The van der Waals surface area contributed by atoms with Crippen molar-refractivity contribution in [3.05, 3.63) is 24.3 Å². The minimum absolute atomic E-state index is 0.0505. The lowest BCUT2D eigenvalue weighted by molar-refractivity contribution is -0.142. The summed E-state index contributed by atoms with van der Waals surface area (Å²) in [6, 6.07) is 6.66. The molecule has 2 N–H and O–H groups in total. The van der Waals surface area contributed by atoms with E-state index in [9.17, 15) is 14.4 Å². The molecule has 0 aliphatic carbocycles. The van der Waals surface area contributed by atoms with Gasteiger partial charge >= 0.3 is 5.97 Å². The first-order valence-corrected chi connectivity index (χ1v) is 7.44. The van der Waals surface area contributed by atoms with E-state index in [1.165, 1.54) is 11.8 Å². The summed E-state index contributed by atoms with van der Waals surface area (Å²) in [5.74, 6) is -1.52. The van der Waals surface area contributed by atoms with Gasteiger partial charge in [-0.05, 0) is 26.0 Å². The third-order valence-electron chi connectivity index (χ3n) is 3.90. The summed E-state index contributed by atoms with van der Waals surface area (Å²) in [6.07, 6.45) is 0.0940. The van der Waals surface area contributed by atoms with Crippen LogP contribution in [0.5, 0.6) is 5.75 Å². The number of rotatable bonds is 6. The quantitative estimate of drug-likeness (QED) is 0.816. The van der Waals surface area contributed by atoms with E-state index in [-0.39, 0.29) is 31.4 Å². The third kappa shape index (κ3) is 4.00. The molecule has 1 aromatic carbocycles. The molecule has 0 saturated heterocycles. The zero-order valence-electron chi connectivity index (χ0n) is 13.1. The fourth-order valence-corrected chi connectivity index (χ4v) is 2.28. The topological polar surface area (TPSA) is 95.9 Å². The number of para-hydroxylation sites is 2. The highest BCUT2D eigenvalue weighted by atomic mass is 16.5. The minimum Gasteiger partial charge on any atom is -0.482 e. The molecule has 2 rings (SSSR count). The second-order valence-corrected chi connectivity index (χ2v) is 5.53. The Hall–Kier alpha value is -2.57. The number of carbonyl (C=O) groups excluding carboxylic acids is 2. The van der Waals surface area contributed by atoms with E-state index in [0.717, 1.165) is 0 Å². The maximum Gasteiger partial charge on any atom is 0.308 e. The first-order chi connectivity index (χ1) is 10.9. The van der Waals surface area contributed by atoms with E-state index in [2.05, 4.69) is 5.32 Å². The molecule has 1 aromatic rings. The van der Waals surface area contributed by atoms with Crippen molar-refractivity contribution in [1.82, 2.24) is 5.32 Å². The molecule has 1 aliphatic rings. The molecule has 0 saturated carbocycles. The Bertz CT molecular complexity index is 616. The van der Waals surface area contributed by atoms with Gasteiger partial charge in [0.05, 0.1) is 11.6 Å². The van der Waals surface area contributed by atoms with Crippen LogP contribution in [0.1, 0.15) is 20.3 Å². The molecule has 7 nitrogen and oxygen atoms in total. The molecule has 0 bridgehead atoms. The van der Waals surface area contributed by atoms with Gasteiger partial charge in [-0.1, -0.05) is 12.1 Å². The number of carbonyl (C=O) groups is 3. The van der Waals surface area contributed by atoms with E-state index in [0.29, 0.717) is 11.4 Å². The van der Waals surface area contributed by atoms with Crippen molar-refractivity contribution >= 4 is 23.5 Å². The van der Waals surface area contributed by atoms with Gasteiger partial charge in [0.1, 0.15) is 5.75 Å². The van der Waals surface area contributed by atoms with Crippen LogP contribution in [0.4, 0.5) is 5.69 Å². The van der Waals surface area contributed by atoms with Crippen LogP contribution in [0, 0.1) is 5.92 Å². The van der Waals surface area contributed by atoms with Crippen molar-refractivity contribution in [3.63, 3.8) is 0 Å². The lowest BCUT2D eigenvalue weighted by atomic mass is 10.0. The van der Waals surface area contributed by atoms with Gasteiger partial charge in [0.15, 0.2) is 6.61 Å². The van der Waals surface area contributed by atoms with Crippen molar-refractivity contribution in [2.45, 2.75) is 26.3 Å². The van der Waals surface area contributed by atoms with Gasteiger partial charge < -0.3 is 20.1 Å². The normalized spacial score (nSPS) is 16.1. The number of carboxylic acid groups (broad SMARTS) is 1. The molecule has 0 aromatic heterocycles. The summed E-state index contributed by atoms with van der Waals surface area (Å²) in [5.41, 5.74) is 0.642. The predicted molar refractivity (Wildman–Crippen MR) is 83.3 cm³/mol. The monoisotopic (exact) mass is 320 g/mol. The number of hydrogen-bond donors (Lipinski definition) is 2. The van der Waals surface area contributed by atoms with Gasteiger partial charge in [0.2, 0.25) is 5.91 Å². The van der Waals surface area contributed by atoms with E-state index < -0.39 is 17.9 Å². The maximum atomic E-state index is 12.0. The Morgan fingerprint density at radius 2 is 2.04 bits per heavy atom. The Balaban J connectivity index is 1.94. The average molecular weight is 320 g/mol. The number of nitrogens with zero attached hydrogens (tertiary/aromatic N) is 1. The number of hydrogen-bond acceptors (Lipinski definition) is 4. The number of fused-ring (bicyclic) bond motifs is 1. The largest absolute Gasteiger partial charge is 0.482 e. The number of anilines is 1. The van der Waals surface area contributed by atoms with Crippen LogP contribution < -0.4 is 15.0 Å². The second kappa shape index (κ2) is 7.13. The molecule has 1 heterocycles. The molecule has 2 unspecified atom stereocenters. The number of aliphatic carboxylic acids is 1. The fourth-order valence-electron chi connectivity index (χ4n) is 2.28. The molecule has 2 amide bonds. The molecular weight excluding hydrogens is 300 g/mol. The SMILES string of the molecule is CC(NC(=O)CCN1C(=O)COc2ccccc21)C(C)C(=O)O. The summed E-state index contributed by atoms with van der Waals surface area (Å²) in [5, 5.41) is 11.6. The van der Waals surface area contributed by atoms with Gasteiger partial charge in [0, 0.05) is 19.0 Å². The van der Waals surface area contributed by atoms with E-state index in [4.69, 9.17) is 9.84 Å². The average Bonchev–Trinajstić information content (AvgIpc) is 2.52. The highest BCUT2D eigenvalue weighted by molar-refractivity contribution is 5.98. The highest BCUT2D eigenvalue weighted by Crippen LogP contribution is 2.31. The van der Waals surface area contributed by atoms with Gasteiger partial charge in [-0.2, -0.15) is 0 Å². The first-order valence-electron chi connectivity index (χ1n) is 7.44. The lowest BCUT2D eigenvalue weighted by Crippen LogP contribution is -2.43. The van der Waals surface area contributed by atoms with Crippen LogP contribution >= 0.6 is 0 Å². The minimum atomic E-state index is -0.963. The third-order valence-corrected chi connectivity index (χ3v) is 3.90.